The molecule has 2 unspecified atom stereocenters. The van der Waals surface area contributed by atoms with Crippen molar-refractivity contribution in [1.29, 1.82) is 0 Å². The van der Waals surface area contributed by atoms with Crippen LogP contribution in [0.2, 0.25) is 0 Å². The number of benzene rings is 2. The normalized spacial score (nSPS) is 24.0. The molecule has 9 heteroatoms. The van der Waals surface area contributed by atoms with Crippen molar-refractivity contribution in [3.63, 3.8) is 0 Å². The van der Waals surface area contributed by atoms with E-state index in [0.717, 1.165) is 56.3 Å². The molecule has 1 N–H and O–H groups in total. The Balaban J connectivity index is 1.23. The predicted molar refractivity (Wildman–Crippen MR) is 163 cm³/mol. The van der Waals surface area contributed by atoms with Gasteiger partial charge in [-0.15, -0.1) is 0 Å². The second kappa shape index (κ2) is 11.5. The zero-order valence-corrected chi connectivity index (χ0v) is 24.6. The molecule has 3 heterocycles. The zero-order chi connectivity index (χ0) is 28.5. The third kappa shape index (κ3) is 5.26. The standard InChI is InChI=1S/C32H39N5O3S/c1-40-28-12-6-5-11-25(28)26-19-29(38)36(23-34-26)22-32(41)15-17-35(21-31(32)13-7-8-14-31)30(39)37-18-16-33-20-27(37)24-9-3-2-4-10-24/h2-6,9-12,19,23,27,33,41H,7-8,13-18,20-22H2,1H3. The smallest absolute Gasteiger partial charge is 0.320 e. The van der Waals surface area contributed by atoms with Crippen LogP contribution in [0.1, 0.15) is 43.7 Å². The molecule has 1 aliphatic carbocycles. The molecule has 2 amide bonds. The lowest BCUT2D eigenvalue weighted by molar-refractivity contribution is 0.0419. The number of likely N-dealkylation sites (tertiary alicyclic amines) is 1. The van der Waals surface area contributed by atoms with Gasteiger partial charge in [0, 0.05) is 61.1 Å². The third-order valence-corrected chi connectivity index (χ3v) is 10.3. The maximum atomic E-state index is 14.0. The minimum atomic E-state index is -0.417. The van der Waals surface area contributed by atoms with Gasteiger partial charge in [-0.1, -0.05) is 55.3 Å². The number of nitrogens with zero attached hydrogens (tertiary/aromatic N) is 4. The first kappa shape index (κ1) is 27.8. The summed E-state index contributed by atoms with van der Waals surface area (Å²) < 4.78 is 6.76. The molecule has 1 saturated carbocycles. The van der Waals surface area contributed by atoms with Crippen LogP contribution in [0, 0.1) is 5.41 Å². The molecule has 2 aliphatic heterocycles. The van der Waals surface area contributed by atoms with Crippen molar-refractivity contribution in [2.45, 2.75) is 49.4 Å². The summed E-state index contributed by atoms with van der Waals surface area (Å²) in [6.07, 6.45) is 6.62. The van der Waals surface area contributed by atoms with Crippen LogP contribution in [-0.4, -0.2) is 70.0 Å². The number of hydrogen-bond donors (Lipinski definition) is 2. The Morgan fingerprint density at radius 1 is 1.07 bits per heavy atom. The number of piperazine rings is 1. The van der Waals surface area contributed by atoms with Crippen LogP contribution in [0.25, 0.3) is 11.3 Å². The van der Waals surface area contributed by atoms with E-state index >= 15 is 0 Å². The van der Waals surface area contributed by atoms with E-state index in [0.29, 0.717) is 37.6 Å². The van der Waals surface area contributed by atoms with E-state index in [4.69, 9.17) is 17.4 Å². The summed E-state index contributed by atoms with van der Waals surface area (Å²) in [4.78, 5) is 36.2. The lowest BCUT2D eigenvalue weighted by Crippen LogP contribution is -2.62. The maximum Gasteiger partial charge on any atom is 0.320 e. The number of ether oxygens (including phenoxy) is 1. The molecule has 1 spiro atoms. The van der Waals surface area contributed by atoms with Gasteiger partial charge >= 0.3 is 6.03 Å². The number of carbonyl (C=O) groups is 1. The highest BCUT2D eigenvalue weighted by atomic mass is 32.1. The van der Waals surface area contributed by atoms with Crippen molar-refractivity contribution in [2.24, 2.45) is 5.41 Å². The Labute approximate surface area is 247 Å². The van der Waals surface area contributed by atoms with E-state index < -0.39 is 4.75 Å². The number of amides is 2. The number of aromatic nitrogens is 2. The second-order valence-corrected chi connectivity index (χ2v) is 12.6. The summed E-state index contributed by atoms with van der Waals surface area (Å²) in [7, 11) is 1.62. The molecule has 0 radical (unpaired) electrons. The van der Waals surface area contributed by atoms with Gasteiger partial charge in [-0.3, -0.25) is 9.36 Å². The molecular weight excluding hydrogens is 534 g/mol. The van der Waals surface area contributed by atoms with E-state index in [1.54, 1.807) is 24.1 Å². The van der Waals surface area contributed by atoms with Gasteiger partial charge in [0.25, 0.3) is 5.56 Å². The van der Waals surface area contributed by atoms with Crippen LogP contribution in [0.4, 0.5) is 4.79 Å². The highest BCUT2D eigenvalue weighted by Gasteiger charge is 2.55. The Morgan fingerprint density at radius 2 is 1.83 bits per heavy atom. The van der Waals surface area contributed by atoms with E-state index in [-0.39, 0.29) is 23.0 Å². The number of para-hydroxylation sites is 1. The highest BCUT2D eigenvalue weighted by molar-refractivity contribution is 7.81. The Kier molecular flexibility index (Phi) is 7.83. The molecule has 2 saturated heterocycles. The topological polar surface area (TPSA) is 79.7 Å². The molecule has 6 rings (SSSR count). The van der Waals surface area contributed by atoms with Gasteiger partial charge in [-0.2, -0.15) is 12.6 Å². The lowest BCUT2D eigenvalue weighted by atomic mass is 9.68. The summed E-state index contributed by atoms with van der Waals surface area (Å²) >= 11 is 5.36. The van der Waals surface area contributed by atoms with Crippen LogP contribution in [-0.2, 0) is 6.54 Å². The Bertz CT molecular complexity index is 1440. The number of rotatable bonds is 5. The molecule has 41 heavy (non-hydrogen) atoms. The van der Waals surface area contributed by atoms with Gasteiger partial charge in [0.05, 0.1) is 25.2 Å². The van der Waals surface area contributed by atoms with Crippen LogP contribution >= 0.6 is 12.6 Å². The van der Waals surface area contributed by atoms with E-state index in [9.17, 15) is 9.59 Å². The fraction of sp³-hybridized carbons (Fsp3) is 0.469. The second-order valence-electron chi connectivity index (χ2n) is 11.7. The largest absolute Gasteiger partial charge is 0.496 e. The highest BCUT2D eigenvalue weighted by Crippen LogP contribution is 2.55. The first-order valence-electron chi connectivity index (χ1n) is 14.7. The van der Waals surface area contributed by atoms with Crippen molar-refractivity contribution in [3.8, 4) is 17.0 Å². The average Bonchev–Trinajstić information content (AvgIpc) is 3.50. The van der Waals surface area contributed by atoms with Crippen molar-refractivity contribution in [2.75, 3.05) is 39.8 Å². The molecule has 8 nitrogen and oxygen atoms in total. The lowest BCUT2D eigenvalue weighted by Gasteiger charge is -2.54. The molecule has 0 bridgehead atoms. The number of thiol groups is 1. The van der Waals surface area contributed by atoms with Crippen molar-refractivity contribution in [3.05, 3.63) is 82.9 Å². The van der Waals surface area contributed by atoms with E-state index in [1.165, 1.54) is 0 Å². The van der Waals surface area contributed by atoms with E-state index in [2.05, 4.69) is 27.3 Å². The van der Waals surface area contributed by atoms with Gasteiger partial charge < -0.3 is 19.9 Å². The van der Waals surface area contributed by atoms with Gasteiger partial charge in [-0.25, -0.2) is 9.78 Å². The summed E-state index contributed by atoms with van der Waals surface area (Å²) in [5.74, 6) is 0.684. The Hall–Kier alpha value is -3.30. The molecule has 3 fully saturated rings. The molecule has 2 aromatic carbocycles. The number of carbonyl (C=O) groups excluding carboxylic acids is 1. The van der Waals surface area contributed by atoms with Crippen LogP contribution in [0.15, 0.2) is 71.8 Å². The minimum Gasteiger partial charge on any atom is -0.496 e. The van der Waals surface area contributed by atoms with Crippen LogP contribution < -0.4 is 15.6 Å². The zero-order valence-electron chi connectivity index (χ0n) is 23.7. The van der Waals surface area contributed by atoms with Crippen molar-refractivity contribution >= 4 is 18.7 Å². The SMILES string of the molecule is COc1ccccc1-c1cc(=O)n(CC2(S)CCN(C(=O)N3CCNCC3c3ccccc3)CC23CCCC3)cn1. The van der Waals surface area contributed by atoms with E-state index in [1.807, 2.05) is 47.4 Å². The quantitative estimate of drug-likeness (QED) is 0.436. The van der Waals surface area contributed by atoms with Crippen LogP contribution in [0.5, 0.6) is 5.75 Å². The first-order chi connectivity index (χ1) is 19.9. The number of methoxy groups -OCH3 is 1. The fourth-order valence-corrected chi connectivity index (χ4v) is 7.73. The summed E-state index contributed by atoms with van der Waals surface area (Å²) in [5.41, 5.74) is 2.29. The summed E-state index contributed by atoms with van der Waals surface area (Å²) in [5, 5.41) is 3.47. The summed E-state index contributed by atoms with van der Waals surface area (Å²) in [6, 6.07) is 19.6. The van der Waals surface area contributed by atoms with Crippen molar-refractivity contribution in [1.82, 2.24) is 24.7 Å². The van der Waals surface area contributed by atoms with Gasteiger partial charge in [0.2, 0.25) is 0 Å². The number of nitrogens with one attached hydrogen (secondary N) is 1. The monoisotopic (exact) mass is 573 g/mol. The molecule has 1 aromatic heterocycles. The maximum absolute atomic E-state index is 14.0. The number of urea groups is 1. The molecule has 216 valence electrons. The molecule has 3 aliphatic rings. The molecule has 3 aromatic rings. The average molecular weight is 574 g/mol. The molecule has 2 atom stereocenters. The fourth-order valence-electron chi connectivity index (χ4n) is 7.18. The van der Waals surface area contributed by atoms with Gasteiger partial charge in [0.1, 0.15) is 5.75 Å². The van der Waals surface area contributed by atoms with Crippen LogP contribution in [0.3, 0.4) is 0 Å². The van der Waals surface area contributed by atoms with Gasteiger partial charge in [0.15, 0.2) is 0 Å². The predicted octanol–water partition coefficient (Wildman–Crippen LogP) is 4.62. The number of piperidine rings is 1. The minimum absolute atomic E-state index is 0.0195. The first-order valence-corrected chi connectivity index (χ1v) is 15.1. The third-order valence-electron chi connectivity index (χ3n) is 9.47. The van der Waals surface area contributed by atoms with Crippen molar-refractivity contribution < 1.29 is 9.53 Å². The Morgan fingerprint density at radius 3 is 2.59 bits per heavy atom. The van der Waals surface area contributed by atoms with Gasteiger partial charge in [-0.05, 0) is 37.0 Å². The summed E-state index contributed by atoms with van der Waals surface area (Å²) in [6.45, 7) is 4.00. The molecular formula is C32H39N5O3S. The number of hydrogen-bond acceptors (Lipinski definition) is 6.